The van der Waals surface area contributed by atoms with Crippen molar-refractivity contribution in [2.24, 2.45) is 26.1 Å². The summed E-state index contributed by atoms with van der Waals surface area (Å²) in [6, 6.07) is 14.0. The number of aryl methyl sites for hydroxylation is 3. The number of amides is 4. The van der Waals surface area contributed by atoms with E-state index in [2.05, 4.69) is 25.9 Å². The second-order valence-corrected chi connectivity index (χ2v) is 14.0. The number of hydrogen-bond acceptors (Lipinski definition) is 10. The molecule has 17 heteroatoms. The van der Waals surface area contributed by atoms with Crippen LogP contribution in [0.15, 0.2) is 72.1 Å². The van der Waals surface area contributed by atoms with Crippen LogP contribution in [0, 0.1) is 0 Å². The number of ether oxygens (including phenoxy) is 3. The molecule has 2 aliphatic heterocycles. The second-order valence-electron chi connectivity index (χ2n) is 14.0. The Kier molecular flexibility index (Phi) is 11.1. The van der Waals surface area contributed by atoms with Gasteiger partial charge in [0.05, 0.1) is 43.8 Å². The first-order valence-corrected chi connectivity index (χ1v) is 18.6. The number of carbonyl (C=O) groups is 5. The number of aromatic nitrogens is 4. The van der Waals surface area contributed by atoms with Crippen molar-refractivity contribution in [3.8, 4) is 22.6 Å². The van der Waals surface area contributed by atoms with Crippen LogP contribution in [0.25, 0.3) is 11.1 Å². The molecule has 5 heterocycles. The Hall–Kier alpha value is -7.17. The number of esters is 1. The molecule has 2 aliphatic rings. The topological polar surface area (TPSA) is 192 Å². The van der Waals surface area contributed by atoms with E-state index < -0.39 is 11.9 Å². The summed E-state index contributed by atoms with van der Waals surface area (Å²) in [6.45, 7) is 0.962. The molecule has 17 nitrogen and oxygen atoms in total. The summed E-state index contributed by atoms with van der Waals surface area (Å²) in [5.41, 5.74) is 4.32. The van der Waals surface area contributed by atoms with Crippen LogP contribution in [-0.2, 0) is 30.7 Å². The molecule has 0 unspecified atom stereocenters. The maximum Gasteiger partial charge on any atom is 0.374 e. The third-order valence-corrected chi connectivity index (χ3v) is 9.98. The van der Waals surface area contributed by atoms with Crippen LogP contribution in [0.1, 0.15) is 67.6 Å². The highest BCUT2D eigenvalue weighted by molar-refractivity contribution is 6.07. The predicted molar refractivity (Wildman–Crippen MR) is 215 cm³/mol. The minimum absolute atomic E-state index is 0.00277. The van der Waals surface area contributed by atoms with Gasteiger partial charge in [-0.2, -0.15) is 0 Å². The van der Waals surface area contributed by atoms with Crippen LogP contribution in [0.4, 0.5) is 22.9 Å². The zero-order valence-corrected chi connectivity index (χ0v) is 32.7. The molecular weight excluding hydrogens is 747 g/mol. The first kappa shape index (κ1) is 39.1. The quantitative estimate of drug-likeness (QED) is 0.107. The Labute approximate surface area is 333 Å². The van der Waals surface area contributed by atoms with Gasteiger partial charge in [0.25, 0.3) is 17.7 Å². The molecule has 5 aromatic rings. The number of nitrogens with one attached hydrogen (secondary N) is 3. The van der Waals surface area contributed by atoms with E-state index in [-0.39, 0.29) is 54.1 Å². The highest BCUT2D eigenvalue weighted by Crippen LogP contribution is 2.38. The van der Waals surface area contributed by atoms with Crippen LogP contribution in [0.2, 0.25) is 0 Å². The van der Waals surface area contributed by atoms with E-state index in [0.29, 0.717) is 52.8 Å². The summed E-state index contributed by atoms with van der Waals surface area (Å²) >= 11 is 0. The van der Waals surface area contributed by atoms with Crippen molar-refractivity contribution in [2.75, 3.05) is 43.3 Å². The lowest BCUT2D eigenvalue weighted by atomic mass is 10.1. The number of carbonyl (C=O) groups excluding carboxylic acids is 5. The number of methoxy groups -OCH3 is 2. The standard InChI is InChI=1S/C41H43N9O8/c1-47-21-25(16-31(47)38(52)44-27-17-32(48(2)22-27)39(53)46-35-23-49(3)37(45-35)41(55)57-5)24-10-12-26(13-11-24)43-36(51)9-7-15-58-34-19-30-29(18-33(34)56-4)40(54)50-14-6-8-28(50)20-42-30/h10-13,16-23,28H,6-9,14-15H2,1-5H3,(H,43,51)(H,44,52)(H,46,53)/t28-/m0/s1. The maximum atomic E-state index is 13.3. The number of anilines is 3. The van der Waals surface area contributed by atoms with Gasteiger partial charge in [-0.3, -0.25) is 24.2 Å². The van der Waals surface area contributed by atoms with Gasteiger partial charge in [-0.1, -0.05) is 12.1 Å². The molecule has 7 rings (SSSR count). The molecule has 0 aliphatic carbocycles. The Balaban J connectivity index is 0.902. The number of hydrogen-bond donors (Lipinski definition) is 3. The van der Waals surface area contributed by atoms with Gasteiger partial charge < -0.3 is 48.8 Å². The number of fused-ring (bicyclic) bond motifs is 2. The molecule has 3 aromatic heterocycles. The van der Waals surface area contributed by atoms with Crippen LogP contribution < -0.4 is 25.4 Å². The molecule has 0 radical (unpaired) electrons. The highest BCUT2D eigenvalue weighted by atomic mass is 16.5. The molecule has 4 amide bonds. The number of imidazole rings is 1. The summed E-state index contributed by atoms with van der Waals surface area (Å²) in [6.07, 6.45) is 9.27. The third-order valence-electron chi connectivity index (χ3n) is 9.98. The van der Waals surface area contributed by atoms with E-state index >= 15 is 0 Å². The van der Waals surface area contributed by atoms with Crippen molar-refractivity contribution in [1.82, 2.24) is 23.6 Å². The van der Waals surface area contributed by atoms with Gasteiger partial charge in [0.2, 0.25) is 11.7 Å². The molecule has 300 valence electrons. The summed E-state index contributed by atoms with van der Waals surface area (Å²) in [4.78, 5) is 74.6. The van der Waals surface area contributed by atoms with Crippen molar-refractivity contribution in [2.45, 2.75) is 31.7 Å². The molecule has 0 spiro atoms. The highest BCUT2D eigenvalue weighted by Gasteiger charge is 2.32. The normalized spacial score (nSPS) is 14.3. The molecule has 1 fully saturated rings. The molecule has 2 aromatic carbocycles. The molecule has 1 atom stereocenters. The first-order valence-electron chi connectivity index (χ1n) is 18.6. The van der Waals surface area contributed by atoms with E-state index in [9.17, 15) is 24.0 Å². The fourth-order valence-electron chi connectivity index (χ4n) is 6.99. The lowest BCUT2D eigenvalue weighted by molar-refractivity contribution is -0.116. The fourth-order valence-corrected chi connectivity index (χ4v) is 6.99. The predicted octanol–water partition coefficient (Wildman–Crippen LogP) is 5.18. The first-order chi connectivity index (χ1) is 27.9. The van der Waals surface area contributed by atoms with E-state index in [1.165, 1.54) is 31.0 Å². The van der Waals surface area contributed by atoms with E-state index in [4.69, 9.17) is 14.2 Å². The van der Waals surface area contributed by atoms with Gasteiger partial charge in [0.15, 0.2) is 17.3 Å². The second kappa shape index (κ2) is 16.5. The number of nitrogens with zero attached hydrogens (tertiary/aromatic N) is 6. The average Bonchev–Trinajstić information content (AvgIpc) is 4.00. The van der Waals surface area contributed by atoms with Crippen molar-refractivity contribution in [1.29, 1.82) is 0 Å². The zero-order valence-electron chi connectivity index (χ0n) is 32.7. The lowest BCUT2D eigenvalue weighted by Gasteiger charge is -2.20. The van der Waals surface area contributed by atoms with E-state index in [0.717, 1.165) is 24.0 Å². The molecule has 1 saturated heterocycles. The van der Waals surface area contributed by atoms with Gasteiger partial charge in [-0.15, -0.1) is 0 Å². The minimum atomic E-state index is -0.635. The molecule has 0 saturated carbocycles. The van der Waals surface area contributed by atoms with Gasteiger partial charge in [-0.25, -0.2) is 9.78 Å². The van der Waals surface area contributed by atoms with Crippen LogP contribution >= 0.6 is 0 Å². The van der Waals surface area contributed by atoms with Gasteiger partial charge >= 0.3 is 5.97 Å². The van der Waals surface area contributed by atoms with Gasteiger partial charge in [-0.05, 0) is 55.2 Å². The molecule has 0 bridgehead atoms. The Morgan fingerprint density at radius 2 is 1.55 bits per heavy atom. The minimum Gasteiger partial charge on any atom is -0.493 e. The number of rotatable bonds is 13. The summed E-state index contributed by atoms with van der Waals surface area (Å²) in [7, 11) is 7.80. The summed E-state index contributed by atoms with van der Waals surface area (Å²) in [5, 5.41) is 8.41. The SMILES string of the molecule is COC(=O)c1nc(NC(=O)c2cc(NC(=O)c3cc(-c4ccc(NC(=O)CCCOc5cc6c(cc5OC)C(=O)N5CCC[C@H]5C=N6)cc4)cn3C)cn2C)cn1C. The van der Waals surface area contributed by atoms with Crippen molar-refractivity contribution in [3.63, 3.8) is 0 Å². The van der Waals surface area contributed by atoms with Gasteiger partial charge in [0.1, 0.15) is 11.4 Å². The van der Waals surface area contributed by atoms with E-state index in [1.54, 1.807) is 66.8 Å². The van der Waals surface area contributed by atoms with Gasteiger partial charge in [0, 0.05) is 76.2 Å². The van der Waals surface area contributed by atoms with Crippen molar-refractivity contribution < 1.29 is 38.2 Å². The number of aliphatic imine (C=N–C) groups is 1. The molecular formula is C41H43N9O8. The average molecular weight is 790 g/mol. The molecule has 58 heavy (non-hydrogen) atoms. The van der Waals surface area contributed by atoms with Crippen molar-refractivity contribution in [3.05, 3.63) is 89.9 Å². The fraction of sp³-hybridized carbons (Fsp3) is 0.293. The molecule has 3 N–H and O–H groups in total. The summed E-state index contributed by atoms with van der Waals surface area (Å²) in [5.74, 6) is -0.639. The van der Waals surface area contributed by atoms with Crippen molar-refractivity contribution >= 4 is 58.7 Å². The third kappa shape index (κ3) is 8.18. The monoisotopic (exact) mass is 789 g/mol. The van der Waals surface area contributed by atoms with Crippen LogP contribution in [0.5, 0.6) is 11.5 Å². The Morgan fingerprint density at radius 1 is 0.810 bits per heavy atom. The lowest BCUT2D eigenvalue weighted by Crippen LogP contribution is -2.35. The zero-order chi connectivity index (χ0) is 41.1. The summed E-state index contributed by atoms with van der Waals surface area (Å²) < 4.78 is 20.9. The van der Waals surface area contributed by atoms with Crippen LogP contribution in [0.3, 0.4) is 0 Å². The maximum absolute atomic E-state index is 13.3. The largest absolute Gasteiger partial charge is 0.493 e. The van der Waals surface area contributed by atoms with E-state index in [1.807, 2.05) is 29.4 Å². The Bertz CT molecular complexity index is 2440. The number of benzene rings is 2. The van der Waals surface area contributed by atoms with Crippen LogP contribution in [-0.4, -0.2) is 92.8 Å². The smallest absolute Gasteiger partial charge is 0.374 e. The Morgan fingerprint density at radius 3 is 2.31 bits per heavy atom.